The van der Waals surface area contributed by atoms with Crippen LogP contribution in [-0.2, 0) is 9.59 Å². The molecule has 0 saturated heterocycles. The van der Waals surface area contributed by atoms with Crippen LogP contribution in [0.4, 0.5) is 0 Å². The Morgan fingerprint density at radius 2 is 1.21 bits per heavy atom. The second-order valence-corrected chi connectivity index (χ2v) is 3.80. The van der Waals surface area contributed by atoms with E-state index in [0.29, 0.717) is 0 Å². The summed E-state index contributed by atoms with van der Waals surface area (Å²) in [5.74, 6) is 0. The molecule has 0 fully saturated rings. The summed E-state index contributed by atoms with van der Waals surface area (Å²) in [5.41, 5.74) is 6.96. The maximum Gasteiger partial charge on any atom is 0.231 e. The lowest BCUT2D eigenvalue weighted by Gasteiger charge is -2.23. The molecule has 1 aliphatic rings. The highest BCUT2D eigenvalue weighted by Crippen LogP contribution is 2.46. The Hall–Kier alpha value is -2.80. The number of hydrogen-bond donors (Lipinski definition) is 2. The van der Waals surface area contributed by atoms with Gasteiger partial charge in [0.05, 0.1) is 0 Å². The third-order valence-electron chi connectivity index (χ3n) is 2.68. The molecule has 0 amide bonds. The van der Waals surface area contributed by atoms with Gasteiger partial charge in [-0.25, -0.2) is 20.4 Å². The first-order chi connectivity index (χ1) is 9.19. The molecule has 2 aromatic rings. The molecule has 0 aliphatic heterocycles. The molecule has 19 heavy (non-hydrogen) atoms. The zero-order valence-electron chi connectivity index (χ0n) is 10.4. The van der Waals surface area contributed by atoms with E-state index in [1.807, 2.05) is 0 Å². The molecule has 94 valence electrons. The maximum absolute atomic E-state index is 8.35. The molecule has 0 spiro atoms. The first kappa shape index (κ1) is 14.3. The molecular formula is C15H12N2O2. The summed E-state index contributed by atoms with van der Waals surface area (Å²) in [6.07, 6.45) is 1.50. The molecule has 0 radical (unpaired) electrons. The topological polar surface area (TPSA) is 81.8 Å². The van der Waals surface area contributed by atoms with E-state index in [1.54, 1.807) is 0 Å². The number of nitrogens with one attached hydrogen (secondary N) is 2. The number of hydrogen-bond acceptors (Lipinski definition) is 4. The number of isocyanates is 2. The van der Waals surface area contributed by atoms with Crippen LogP contribution in [0, 0.1) is 17.7 Å². The van der Waals surface area contributed by atoms with Gasteiger partial charge in [-0.1, -0.05) is 48.0 Å². The van der Waals surface area contributed by atoms with Crippen LogP contribution in [0.3, 0.4) is 0 Å². The van der Waals surface area contributed by atoms with Gasteiger partial charge in [0.15, 0.2) is 0 Å². The van der Waals surface area contributed by atoms with Crippen molar-refractivity contribution in [3.8, 4) is 22.3 Å². The van der Waals surface area contributed by atoms with Crippen LogP contribution in [0.15, 0.2) is 42.5 Å². The van der Waals surface area contributed by atoms with Crippen molar-refractivity contribution < 1.29 is 9.59 Å². The zero-order valence-corrected chi connectivity index (χ0v) is 10.4. The highest BCUT2D eigenvalue weighted by atomic mass is 16.1. The monoisotopic (exact) mass is 252 g/mol. The highest BCUT2D eigenvalue weighted by Gasteiger charge is 2.20. The van der Waals surface area contributed by atoms with Gasteiger partial charge in [0.2, 0.25) is 12.2 Å². The van der Waals surface area contributed by atoms with E-state index in [0.717, 1.165) is 12.2 Å². The summed E-state index contributed by atoms with van der Waals surface area (Å²) in [7, 11) is 0. The predicted octanol–water partition coefficient (Wildman–Crippen LogP) is 3.44. The van der Waals surface area contributed by atoms with Crippen molar-refractivity contribution >= 4 is 12.2 Å². The Morgan fingerprint density at radius 3 is 1.74 bits per heavy atom. The molecule has 3 rings (SSSR count). The SMILES string of the molecule is Cc1ccc2c(c1)-c1ccccc1-2.N=C=O.N=C=O. The fourth-order valence-electron chi connectivity index (χ4n) is 2.01. The average Bonchev–Trinajstić information content (AvgIpc) is 2.39. The second kappa shape index (κ2) is 6.82. The lowest BCUT2D eigenvalue weighted by molar-refractivity contribution is 0.562. The lowest BCUT2D eigenvalue weighted by Crippen LogP contribution is -1.97. The van der Waals surface area contributed by atoms with E-state index >= 15 is 0 Å². The van der Waals surface area contributed by atoms with Crippen molar-refractivity contribution in [3.05, 3.63) is 48.0 Å². The van der Waals surface area contributed by atoms with Gasteiger partial charge in [-0.15, -0.1) is 0 Å². The molecule has 0 unspecified atom stereocenters. The highest BCUT2D eigenvalue weighted by molar-refractivity contribution is 6.02. The predicted molar refractivity (Wildman–Crippen MR) is 72.4 cm³/mol. The molecule has 4 nitrogen and oxygen atoms in total. The summed E-state index contributed by atoms with van der Waals surface area (Å²) >= 11 is 0. The Morgan fingerprint density at radius 1 is 0.789 bits per heavy atom. The lowest BCUT2D eigenvalue weighted by atomic mass is 9.80. The van der Waals surface area contributed by atoms with Gasteiger partial charge in [0.25, 0.3) is 0 Å². The zero-order chi connectivity index (χ0) is 14.3. The Bertz CT molecular complexity index is 639. The van der Waals surface area contributed by atoms with E-state index in [4.69, 9.17) is 20.4 Å². The van der Waals surface area contributed by atoms with Gasteiger partial charge in [-0.3, -0.25) is 0 Å². The molecule has 0 aromatic heterocycles. The standard InChI is InChI=1S/C13H10.2CHNO/c1-9-6-7-12-10-4-2-3-5-11(10)13(12)8-9;2*2-1-3/h2-8H,1H3;2*2H. The minimum Gasteiger partial charge on any atom is -0.222 e. The fraction of sp³-hybridized carbons (Fsp3) is 0.0667. The average molecular weight is 252 g/mol. The molecule has 0 bridgehead atoms. The molecule has 0 heterocycles. The summed E-state index contributed by atoms with van der Waals surface area (Å²) < 4.78 is 0. The van der Waals surface area contributed by atoms with Crippen LogP contribution in [0.25, 0.3) is 22.3 Å². The van der Waals surface area contributed by atoms with Gasteiger partial charge >= 0.3 is 0 Å². The summed E-state index contributed by atoms with van der Waals surface area (Å²) in [5, 5.41) is 10.8. The number of carbonyl (C=O) groups excluding carboxylic acids is 2. The van der Waals surface area contributed by atoms with Crippen LogP contribution in [-0.4, -0.2) is 12.2 Å². The van der Waals surface area contributed by atoms with Crippen LogP contribution >= 0.6 is 0 Å². The number of aryl methyl sites for hydroxylation is 1. The van der Waals surface area contributed by atoms with Crippen molar-refractivity contribution in [2.24, 2.45) is 0 Å². The Kier molecular flexibility index (Phi) is 5.12. The third kappa shape index (κ3) is 3.11. The van der Waals surface area contributed by atoms with E-state index < -0.39 is 0 Å². The Labute approximate surface area is 110 Å². The van der Waals surface area contributed by atoms with Crippen LogP contribution in [0.1, 0.15) is 5.56 Å². The van der Waals surface area contributed by atoms with Crippen molar-refractivity contribution in [2.45, 2.75) is 6.92 Å². The van der Waals surface area contributed by atoms with Crippen LogP contribution in [0.2, 0.25) is 0 Å². The summed E-state index contributed by atoms with van der Waals surface area (Å²) in [6.45, 7) is 2.14. The van der Waals surface area contributed by atoms with E-state index in [-0.39, 0.29) is 0 Å². The molecular weight excluding hydrogens is 240 g/mol. The normalized spacial score (nSPS) is 8.68. The van der Waals surface area contributed by atoms with Crippen molar-refractivity contribution in [2.75, 3.05) is 0 Å². The van der Waals surface area contributed by atoms with Crippen LogP contribution < -0.4 is 0 Å². The first-order valence-electron chi connectivity index (χ1n) is 5.47. The summed E-state index contributed by atoms with van der Waals surface area (Å²) in [6, 6.07) is 15.2. The van der Waals surface area contributed by atoms with Gasteiger partial charge in [-0.2, -0.15) is 0 Å². The summed E-state index contributed by atoms with van der Waals surface area (Å²) in [4.78, 5) is 16.7. The quantitative estimate of drug-likeness (QED) is 0.474. The van der Waals surface area contributed by atoms with E-state index in [9.17, 15) is 0 Å². The molecule has 0 atom stereocenters. The number of benzene rings is 2. The molecule has 1 aliphatic carbocycles. The van der Waals surface area contributed by atoms with Gasteiger partial charge in [-0.05, 0) is 29.2 Å². The second-order valence-electron chi connectivity index (χ2n) is 3.80. The van der Waals surface area contributed by atoms with Crippen molar-refractivity contribution in [1.82, 2.24) is 0 Å². The van der Waals surface area contributed by atoms with E-state index in [1.165, 1.54) is 27.8 Å². The van der Waals surface area contributed by atoms with Crippen molar-refractivity contribution in [3.63, 3.8) is 0 Å². The molecule has 4 heteroatoms. The minimum absolute atomic E-state index is 0.750. The van der Waals surface area contributed by atoms with Gasteiger partial charge < -0.3 is 0 Å². The maximum atomic E-state index is 8.35. The van der Waals surface area contributed by atoms with Gasteiger partial charge in [0, 0.05) is 0 Å². The van der Waals surface area contributed by atoms with E-state index in [2.05, 4.69) is 49.4 Å². The fourth-order valence-corrected chi connectivity index (χ4v) is 2.01. The number of rotatable bonds is 0. The third-order valence-corrected chi connectivity index (χ3v) is 2.68. The van der Waals surface area contributed by atoms with Crippen molar-refractivity contribution in [1.29, 1.82) is 10.8 Å². The smallest absolute Gasteiger partial charge is 0.222 e. The molecule has 0 saturated carbocycles. The largest absolute Gasteiger partial charge is 0.231 e. The van der Waals surface area contributed by atoms with Crippen LogP contribution in [0.5, 0.6) is 0 Å². The number of fused-ring (bicyclic) bond motifs is 4. The first-order valence-corrected chi connectivity index (χ1v) is 5.47. The minimum atomic E-state index is 0.750. The molecule has 2 aromatic carbocycles. The van der Waals surface area contributed by atoms with Gasteiger partial charge in [0.1, 0.15) is 0 Å². The molecule has 2 N–H and O–H groups in total. The Balaban J connectivity index is 0.000000261.